The maximum atomic E-state index is 12.2. The summed E-state index contributed by atoms with van der Waals surface area (Å²) >= 11 is 0. The molecule has 0 aromatic heterocycles. The summed E-state index contributed by atoms with van der Waals surface area (Å²) in [4.78, 5) is 36.9. The standard InChI is InChI=1S/C14H23NO7/c1-14(2,3)22-13(19)15-6-8(11(17)20-4)10(16)9(7-15)12(18)21-5/h8-10,16H,6-7H2,1-5H3. The van der Waals surface area contributed by atoms with Crippen LogP contribution in [-0.4, -0.2) is 67.1 Å². The molecule has 1 N–H and O–H groups in total. The van der Waals surface area contributed by atoms with Crippen molar-refractivity contribution in [3.05, 3.63) is 0 Å². The second-order valence-electron chi connectivity index (χ2n) is 6.14. The van der Waals surface area contributed by atoms with Crippen LogP contribution in [-0.2, 0) is 23.8 Å². The van der Waals surface area contributed by atoms with E-state index < -0.39 is 41.6 Å². The van der Waals surface area contributed by atoms with Crippen LogP contribution < -0.4 is 0 Å². The second-order valence-corrected chi connectivity index (χ2v) is 6.14. The third kappa shape index (κ3) is 4.33. The fraction of sp³-hybridized carbons (Fsp3) is 0.786. The SMILES string of the molecule is COC(=O)C1CN(C(=O)OC(C)(C)C)CC(C(=O)OC)C1O. The van der Waals surface area contributed by atoms with Crippen molar-refractivity contribution in [2.24, 2.45) is 11.8 Å². The molecule has 2 unspecified atom stereocenters. The third-order valence-electron chi connectivity index (χ3n) is 3.32. The number of nitrogens with zero attached hydrogens (tertiary/aromatic N) is 1. The van der Waals surface area contributed by atoms with Gasteiger partial charge in [0.05, 0.1) is 20.3 Å². The van der Waals surface area contributed by atoms with Gasteiger partial charge in [-0.25, -0.2) is 4.79 Å². The molecule has 1 fully saturated rings. The van der Waals surface area contributed by atoms with E-state index >= 15 is 0 Å². The summed E-state index contributed by atoms with van der Waals surface area (Å²) < 4.78 is 14.5. The van der Waals surface area contributed by atoms with E-state index in [-0.39, 0.29) is 13.1 Å². The molecule has 1 amide bonds. The summed E-state index contributed by atoms with van der Waals surface area (Å²) in [6.07, 6.45) is -1.94. The Hall–Kier alpha value is -1.83. The van der Waals surface area contributed by atoms with Crippen LogP contribution in [0.4, 0.5) is 4.79 Å². The zero-order chi connectivity index (χ0) is 17.1. The first-order valence-electron chi connectivity index (χ1n) is 6.92. The number of ether oxygens (including phenoxy) is 3. The van der Waals surface area contributed by atoms with E-state index in [1.807, 2.05) is 0 Å². The van der Waals surface area contributed by atoms with Gasteiger partial charge in [-0.05, 0) is 20.8 Å². The topological polar surface area (TPSA) is 102 Å². The molecule has 1 saturated heterocycles. The van der Waals surface area contributed by atoms with Crippen LogP contribution in [0.2, 0.25) is 0 Å². The summed E-state index contributed by atoms with van der Waals surface area (Å²) in [6.45, 7) is 4.95. The minimum Gasteiger partial charge on any atom is -0.469 e. The molecular weight excluding hydrogens is 294 g/mol. The lowest BCUT2D eigenvalue weighted by molar-refractivity contribution is -0.164. The van der Waals surface area contributed by atoms with E-state index in [0.717, 1.165) is 0 Å². The fourth-order valence-corrected chi connectivity index (χ4v) is 2.25. The highest BCUT2D eigenvalue weighted by molar-refractivity contribution is 5.80. The van der Waals surface area contributed by atoms with Gasteiger partial charge in [0.15, 0.2) is 0 Å². The Morgan fingerprint density at radius 1 is 1.00 bits per heavy atom. The van der Waals surface area contributed by atoms with Crippen molar-refractivity contribution < 1.29 is 33.7 Å². The molecule has 0 aromatic carbocycles. The molecule has 1 aliphatic rings. The van der Waals surface area contributed by atoms with Gasteiger partial charge in [0, 0.05) is 13.1 Å². The van der Waals surface area contributed by atoms with Gasteiger partial charge in [-0.15, -0.1) is 0 Å². The molecule has 0 aromatic rings. The van der Waals surface area contributed by atoms with Gasteiger partial charge in [-0.2, -0.15) is 0 Å². The minimum absolute atomic E-state index is 0.0871. The van der Waals surface area contributed by atoms with Crippen LogP contribution >= 0.6 is 0 Å². The van der Waals surface area contributed by atoms with Gasteiger partial charge < -0.3 is 24.2 Å². The number of aliphatic hydroxyl groups is 1. The van der Waals surface area contributed by atoms with E-state index in [2.05, 4.69) is 9.47 Å². The van der Waals surface area contributed by atoms with Crippen molar-refractivity contribution in [2.75, 3.05) is 27.3 Å². The van der Waals surface area contributed by atoms with Crippen LogP contribution in [0.15, 0.2) is 0 Å². The lowest BCUT2D eigenvalue weighted by Gasteiger charge is -2.39. The molecule has 2 atom stereocenters. The predicted molar refractivity (Wildman–Crippen MR) is 74.8 cm³/mol. The van der Waals surface area contributed by atoms with Crippen LogP contribution in [0, 0.1) is 11.8 Å². The van der Waals surface area contributed by atoms with Crippen molar-refractivity contribution in [3.63, 3.8) is 0 Å². The Labute approximate surface area is 129 Å². The first-order valence-corrected chi connectivity index (χ1v) is 6.92. The zero-order valence-electron chi connectivity index (χ0n) is 13.5. The van der Waals surface area contributed by atoms with Gasteiger partial charge in [0.25, 0.3) is 0 Å². The molecule has 22 heavy (non-hydrogen) atoms. The third-order valence-corrected chi connectivity index (χ3v) is 3.32. The quantitative estimate of drug-likeness (QED) is 0.572. The summed E-state index contributed by atoms with van der Waals surface area (Å²) in [5, 5.41) is 10.2. The molecule has 126 valence electrons. The van der Waals surface area contributed by atoms with E-state index in [1.54, 1.807) is 20.8 Å². The number of rotatable bonds is 2. The molecule has 0 radical (unpaired) electrons. The Morgan fingerprint density at radius 2 is 1.41 bits per heavy atom. The van der Waals surface area contributed by atoms with Gasteiger partial charge in [0.2, 0.25) is 0 Å². The summed E-state index contributed by atoms with van der Waals surface area (Å²) in [5.41, 5.74) is -0.714. The van der Waals surface area contributed by atoms with E-state index in [0.29, 0.717) is 0 Å². The molecule has 8 heteroatoms. The normalized spacial score (nSPS) is 25.4. The summed E-state index contributed by atoms with van der Waals surface area (Å²) in [5.74, 6) is -3.46. The summed E-state index contributed by atoms with van der Waals surface area (Å²) in [7, 11) is 2.35. The van der Waals surface area contributed by atoms with Gasteiger partial charge in [-0.3, -0.25) is 9.59 Å². The van der Waals surface area contributed by atoms with Gasteiger partial charge in [-0.1, -0.05) is 0 Å². The van der Waals surface area contributed by atoms with Crippen LogP contribution in [0.5, 0.6) is 0 Å². The molecular formula is C14H23NO7. The lowest BCUT2D eigenvalue weighted by atomic mass is 9.86. The highest BCUT2D eigenvalue weighted by atomic mass is 16.6. The van der Waals surface area contributed by atoms with E-state index in [1.165, 1.54) is 19.1 Å². The van der Waals surface area contributed by atoms with Gasteiger partial charge in [0.1, 0.15) is 17.4 Å². The number of aliphatic hydroxyl groups excluding tert-OH is 1. The number of hydrogen-bond donors (Lipinski definition) is 1. The van der Waals surface area contributed by atoms with Crippen molar-refractivity contribution in [2.45, 2.75) is 32.5 Å². The fourth-order valence-electron chi connectivity index (χ4n) is 2.25. The number of hydrogen-bond acceptors (Lipinski definition) is 7. The number of carbonyl (C=O) groups excluding carboxylic acids is 3. The van der Waals surface area contributed by atoms with Crippen LogP contribution in [0.25, 0.3) is 0 Å². The monoisotopic (exact) mass is 317 g/mol. The Kier molecular flexibility index (Phi) is 5.76. The molecule has 0 saturated carbocycles. The van der Waals surface area contributed by atoms with Gasteiger partial charge >= 0.3 is 18.0 Å². The van der Waals surface area contributed by atoms with Crippen LogP contribution in [0.1, 0.15) is 20.8 Å². The lowest BCUT2D eigenvalue weighted by Crippen LogP contribution is -2.57. The molecule has 1 aliphatic heterocycles. The number of methoxy groups -OCH3 is 2. The number of piperidine rings is 1. The smallest absolute Gasteiger partial charge is 0.410 e. The van der Waals surface area contributed by atoms with Crippen molar-refractivity contribution in [1.29, 1.82) is 0 Å². The number of amides is 1. The Bertz CT molecular complexity index is 417. The highest BCUT2D eigenvalue weighted by Crippen LogP contribution is 2.26. The number of esters is 2. The van der Waals surface area contributed by atoms with Crippen LogP contribution in [0.3, 0.4) is 0 Å². The zero-order valence-corrected chi connectivity index (χ0v) is 13.5. The number of carbonyl (C=O) groups is 3. The molecule has 0 aliphatic carbocycles. The molecule has 1 heterocycles. The Balaban J connectivity index is 2.97. The maximum absolute atomic E-state index is 12.2. The predicted octanol–water partition coefficient (Wildman–Crippen LogP) is 0.176. The van der Waals surface area contributed by atoms with Crippen molar-refractivity contribution in [3.8, 4) is 0 Å². The molecule has 8 nitrogen and oxygen atoms in total. The van der Waals surface area contributed by atoms with E-state index in [4.69, 9.17) is 4.74 Å². The highest BCUT2D eigenvalue weighted by Gasteiger charge is 2.46. The van der Waals surface area contributed by atoms with E-state index in [9.17, 15) is 19.5 Å². The molecule has 0 spiro atoms. The first-order chi connectivity index (χ1) is 10.1. The largest absolute Gasteiger partial charge is 0.469 e. The minimum atomic E-state index is -1.28. The first kappa shape index (κ1) is 18.2. The molecule has 0 bridgehead atoms. The van der Waals surface area contributed by atoms with Crippen molar-refractivity contribution >= 4 is 18.0 Å². The average Bonchev–Trinajstić information content (AvgIpc) is 2.43. The number of likely N-dealkylation sites (tertiary alicyclic amines) is 1. The molecule has 1 rings (SSSR count). The van der Waals surface area contributed by atoms with Crippen molar-refractivity contribution in [1.82, 2.24) is 4.90 Å². The average molecular weight is 317 g/mol. The Morgan fingerprint density at radius 3 is 1.73 bits per heavy atom. The second kappa shape index (κ2) is 6.95. The maximum Gasteiger partial charge on any atom is 0.410 e. The summed E-state index contributed by atoms with van der Waals surface area (Å²) in [6, 6.07) is 0.